The summed E-state index contributed by atoms with van der Waals surface area (Å²) in [5, 5.41) is 14.1. The molecule has 1 heterocycles. The lowest BCUT2D eigenvalue weighted by Crippen LogP contribution is -2.31. The summed E-state index contributed by atoms with van der Waals surface area (Å²) in [5.74, 6) is -0.0476. The molecule has 2 rings (SSSR count). The molecule has 0 spiro atoms. The van der Waals surface area contributed by atoms with E-state index in [4.69, 9.17) is 9.15 Å². The van der Waals surface area contributed by atoms with E-state index in [0.717, 1.165) is 0 Å². The Morgan fingerprint density at radius 2 is 1.93 bits per heavy atom. The number of para-hydroxylation sites is 1. The Balaban J connectivity index is 2.35. The summed E-state index contributed by atoms with van der Waals surface area (Å²) in [7, 11) is 0. The smallest absolute Gasteiger partial charge is 0.308 e. The van der Waals surface area contributed by atoms with Crippen molar-refractivity contribution in [1.29, 1.82) is 0 Å². The number of hydrogen-bond acceptors (Lipinski definition) is 6. The maximum Gasteiger partial charge on any atom is 0.308 e. The lowest BCUT2D eigenvalue weighted by Gasteiger charge is -2.19. The van der Waals surface area contributed by atoms with Gasteiger partial charge in [0.2, 0.25) is 0 Å². The number of ether oxygens (including phenoxy) is 1. The SMILES string of the molecule is Cc1cc(C(=O)NC(CC(=O)OC(C)C)c2ccccc2[N+](=O)[O-])c(C)o1. The molecule has 1 unspecified atom stereocenters. The van der Waals surface area contributed by atoms with Gasteiger partial charge in [0.05, 0.1) is 34.6 Å². The van der Waals surface area contributed by atoms with E-state index in [1.807, 2.05) is 0 Å². The third-order valence-electron chi connectivity index (χ3n) is 3.84. The largest absolute Gasteiger partial charge is 0.466 e. The van der Waals surface area contributed by atoms with Gasteiger partial charge in [0.25, 0.3) is 11.6 Å². The fraction of sp³-hybridized carbons (Fsp3) is 0.368. The zero-order valence-electron chi connectivity index (χ0n) is 15.6. The standard InChI is InChI=1S/C19H22N2O6/c1-11(2)26-18(22)10-16(14-7-5-6-8-17(14)21(24)25)20-19(23)15-9-12(3)27-13(15)4/h5-9,11,16H,10H2,1-4H3,(H,20,23). The Bertz CT molecular complexity index is 856. The van der Waals surface area contributed by atoms with Gasteiger partial charge in [0.15, 0.2) is 0 Å². The maximum atomic E-state index is 12.7. The summed E-state index contributed by atoms with van der Waals surface area (Å²) in [6.45, 7) is 6.76. The van der Waals surface area contributed by atoms with Crippen LogP contribution in [0.25, 0.3) is 0 Å². The Kier molecular flexibility index (Phi) is 6.33. The number of nitrogens with zero attached hydrogens (tertiary/aromatic N) is 1. The van der Waals surface area contributed by atoms with E-state index in [0.29, 0.717) is 17.1 Å². The van der Waals surface area contributed by atoms with Crippen LogP contribution in [0.3, 0.4) is 0 Å². The molecule has 0 aliphatic heterocycles. The molecule has 0 saturated heterocycles. The number of furan rings is 1. The van der Waals surface area contributed by atoms with E-state index in [-0.39, 0.29) is 23.8 Å². The first kappa shape index (κ1) is 20.2. The number of hydrogen-bond donors (Lipinski definition) is 1. The summed E-state index contributed by atoms with van der Waals surface area (Å²) in [6, 6.07) is 6.64. The van der Waals surface area contributed by atoms with Crippen LogP contribution in [0.2, 0.25) is 0 Å². The summed E-state index contributed by atoms with van der Waals surface area (Å²) >= 11 is 0. The molecule has 27 heavy (non-hydrogen) atoms. The van der Waals surface area contributed by atoms with Crippen LogP contribution in [-0.4, -0.2) is 22.9 Å². The number of nitro benzene ring substituents is 1. The van der Waals surface area contributed by atoms with Crippen LogP contribution < -0.4 is 5.32 Å². The number of carbonyl (C=O) groups excluding carboxylic acids is 2. The van der Waals surface area contributed by atoms with Crippen molar-refractivity contribution >= 4 is 17.6 Å². The predicted octanol–water partition coefficient (Wildman–Crippen LogP) is 3.62. The molecule has 1 atom stereocenters. The van der Waals surface area contributed by atoms with Gasteiger partial charge in [0.1, 0.15) is 11.5 Å². The molecule has 0 aliphatic carbocycles. The molecular weight excluding hydrogens is 352 g/mol. The highest BCUT2D eigenvalue weighted by Gasteiger charge is 2.27. The summed E-state index contributed by atoms with van der Waals surface area (Å²) in [4.78, 5) is 35.6. The van der Waals surface area contributed by atoms with Crippen LogP contribution in [0, 0.1) is 24.0 Å². The second kappa shape index (κ2) is 8.48. The molecule has 0 radical (unpaired) electrons. The van der Waals surface area contributed by atoms with E-state index in [9.17, 15) is 19.7 Å². The summed E-state index contributed by atoms with van der Waals surface area (Å²) in [5.41, 5.74) is 0.364. The molecule has 1 N–H and O–H groups in total. The quantitative estimate of drug-likeness (QED) is 0.450. The molecule has 0 fully saturated rings. The van der Waals surface area contributed by atoms with Crippen molar-refractivity contribution in [3.05, 3.63) is 63.1 Å². The number of amides is 1. The van der Waals surface area contributed by atoms with Gasteiger partial charge >= 0.3 is 5.97 Å². The molecule has 8 nitrogen and oxygen atoms in total. The predicted molar refractivity (Wildman–Crippen MR) is 97.3 cm³/mol. The average Bonchev–Trinajstić information content (AvgIpc) is 2.92. The fourth-order valence-corrected chi connectivity index (χ4v) is 2.76. The van der Waals surface area contributed by atoms with Crippen LogP contribution >= 0.6 is 0 Å². The maximum absolute atomic E-state index is 12.7. The van der Waals surface area contributed by atoms with Gasteiger partial charge in [-0.2, -0.15) is 0 Å². The normalized spacial score (nSPS) is 11.9. The van der Waals surface area contributed by atoms with E-state index in [2.05, 4.69) is 5.32 Å². The van der Waals surface area contributed by atoms with E-state index >= 15 is 0 Å². The van der Waals surface area contributed by atoms with Crippen LogP contribution in [0.4, 0.5) is 5.69 Å². The van der Waals surface area contributed by atoms with E-state index in [1.165, 1.54) is 18.2 Å². The molecule has 1 amide bonds. The highest BCUT2D eigenvalue weighted by molar-refractivity contribution is 5.95. The number of carbonyl (C=O) groups is 2. The highest BCUT2D eigenvalue weighted by Crippen LogP contribution is 2.28. The van der Waals surface area contributed by atoms with E-state index in [1.54, 1.807) is 39.8 Å². The van der Waals surface area contributed by atoms with Gasteiger partial charge in [-0.1, -0.05) is 18.2 Å². The molecule has 144 valence electrons. The van der Waals surface area contributed by atoms with Crippen LogP contribution in [0.1, 0.15) is 53.8 Å². The minimum Gasteiger partial charge on any atom is -0.466 e. The lowest BCUT2D eigenvalue weighted by molar-refractivity contribution is -0.385. The number of benzene rings is 1. The fourth-order valence-electron chi connectivity index (χ4n) is 2.76. The lowest BCUT2D eigenvalue weighted by atomic mass is 10.0. The molecule has 1 aromatic carbocycles. The molecular formula is C19H22N2O6. The van der Waals surface area contributed by atoms with Crippen molar-refractivity contribution in [1.82, 2.24) is 5.32 Å². The minimum atomic E-state index is -0.917. The topological polar surface area (TPSA) is 112 Å². The van der Waals surface area contributed by atoms with Crippen molar-refractivity contribution in [2.24, 2.45) is 0 Å². The molecule has 2 aromatic rings. The van der Waals surface area contributed by atoms with Crippen molar-refractivity contribution < 1.29 is 23.7 Å². The third kappa shape index (κ3) is 5.16. The number of nitro groups is 1. The van der Waals surface area contributed by atoms with Gasteiger partial charge in [-0.05, 0) is 33.8 Å². The zero-order chi connectivity index (χ0) is 20.1. The zero-order valence-corrected chi connectivity index (χ0v) is 15.6. The Morgan fingerprint density at radius 3 is 2.48 bits per heavy atom. The Labute approximate surface area is 156 Å². The monoisotopic (exact) mass is 374 g/mol. The average molecular weight is 374 g/mol. The van der Waals surface area contributed by atoms with Gasteiger partial charge in [-0.3, -0.25) is 19.7 Å². The van der Waals surface area contributed by atoms with Crippen LogP contribution in [-0.2, 0) is 9.53 Å². The highest BCUT2D eigenvalue weighted by atomic mass is 16.6. The van der Waals surface area contributed by atoms with Crippen LogP contribution in [0.5, 0.6) is 0 Å². The second-order valence-electron chi connectivity index (χ2n) is 6.41. The molecule has 0 bridgehead atoms. The third-order valence-corrected chi connectivity index (χ3v) is 3.84. The van der Waals surface area contributed by atoms with Crippen molar-refractivity contribution in [3.63, 3.8) is 0 Å². The molecule has 8 heteroatoms. The first-order chi connectivity index (χ1) is 12.7. The van der Waals surface area contributed by atoms with Crippen molar-refractivity contribution in [3.8, 4) is 0 Å². The van der Waals surface area contributed by atoms with Crippen molar-refractivity contribution in [2.75, 3.05) is 0 Å². The number of rotatable bonds is 7. The molecule has 0 aliphatic rings. The minimum absolute atomic E-state index is 0.180. The second-order valence-corrected chi connectivity index (χ2v) is 6.41. The Morgan fingerprint density at radius 1 is 1.26 bits per heavy atom. The van der Waals surface area contributed by atoms with Gasteiger partial charge < -0.3 is 14.5 Å². The molecule has 0 saturated carbocycles. The van der Waals surface area contributed by atoms with Gasteiger partial charge in [0, 0.05) is 6.07 Å². The first-order valence-electron chi connectivity index (χ1n) is 8.49. The summed E-state index contributed by atoms with van der Waals surface area (Å²) < 4.78 is 10.5. The Hall–Kier alpha value is -3.16. The van der Waals surface area contributed by atoms with Gasteiger partial charge in [-0.25, -0.2) is 0 Å². The van der Waals surface area contributed by atoms with E-state index < -0.39 is 22.8 Å². The number of nitrogens with one attached hydrogen (secondary N) is 1. The number of esters is 1. The summed E-state index contributed by atoms with van der Waals surface area (Å²) in [6.07, 6.45) is -0.566. The van der Waals surface area contributed by atoms with Crippen LogP contribution in [0.15, 0.2) is 34.7 Å². The number of aryl methyl sites for hydroxylation is 2. The van der Waals surface area contributed by atoms with Crippen molar-refractivity contribution in [2.45, 2.75) is 46.3 Å². The first-order valence-corrected chi connectivity index (χ1v) is 8.49. The molecule has 1 aromatic heterocycles. The van der Waals surface area contributed by atoms with Gasteiger partial charge in [-0.15, -0.1) is 0 Å².